The number of benzene rings is 3. The van der Waals surface area contributed by atoms with Crippen molar-refractivity contribution in [3.63, 3.8) is 0 Å². The molecule has 0 aliphatic carbocycles. The Bertz CT molecular complexity index is 1450. The molecular weight excluding hydrogens is 501 g/mol. The third-order valence-corrected chi connectivity index (χ3v) is 5.91. The van der Waals surface area contributed by atoms with E-state index in [2.05, 4.69) is 4.98 Å². The molecule has 1 aromatic heterocycles. The van der Waals surface area contributed by atoms with Crippen molar-refractivity contribution in [1.29, 1.82) is 0 Å². The number of nitrogens with zero attached hydrogens (tertiary/aromatic N) is 3. The smallest absolute Gasteiger partial charge is 0.331 e. The van der Waals surface area contributed by atoms with Crippen molar-refractivity contribution >= 4 is 45.9 Å². The average Bonchev–Trinajstić information content (AvgIpc) is 2.93. The zero-order valence-electron chi connectivity index (χ0n) is 20.3. The first-order valence-electron chi connectivity index (χ1n) is 11.2. The molecule has 190 valence electrons. The highest BCUT2D eigenvalue weighted by Gasteiger charge is 2.28. The molecule has 37 heavy (non-hydrogen) atoms. The Morgan fingerprint density at radius 1 is 0.865 bits per heavy atom. The molecular formula is C27H23ClFN3O5. The average molecular weight is 524 g/mol. The molecule has 0 N–H and O–H groups in total. The van der Waals surface area contributed by atoms with Gasteiger partial charge in [-0.05, 0) is 43.3 Å². The molecule has 0 saturated carbocycles. The van der Waals surface area contributed by atoms with Crippen molar-refractivity contribution in [3.8, 4) is 23.0 Å². The summed E-state index contributed by atoms with van der Waals surface area (Å²) in [6.45, 7) is 1.78. The van der Waals surface area contributed by atoms with E-state index in [1.165, 1.54) is 32.5 Å². The van der Waals surface area contributed by atoms with Gasteiger partial charge in [-0.2, -0.15) is 0 Å². The van der Waals surface area contributed by atoms with Gasteiger partial charge in [0.2, 0.25) is 0 Å². The minimum Gasteiger partial charge on any atom is -0.493 e. The number of methoxy groups -OCH3 is 2. The molecule has 0 fully saturated rings. The van der Waals surface area contributed by atoms with Crippen molar-refractivity contribution in [1.82, 2.24) is 4.98 Å². The number of anilines is 2. The van der Waals surface area contributed by atoms with E-state index in [1.807, 2.05) is 0 Å². The summed E-state index contributed by atoms with van der Waals surface area (Å²) in [6, 6.07) is 17.3. The van der Waals surface area contributed by atoms with Crippen LogP contribution in [-0.2, 0) is 9.59 Å². The van der Waals surface area contributed by atoms with Crippen LogP contribution in [0.1, 0.15) is 6.92 Å². The van der Waals surface area contributed by atoms with Gasteiger partial charge in [-0.25, -0.2) is 8.81 Å². The van der Waals surface area contributed by atoms with Crippen molar-refractivity contribution in [2.75, 3.05) is 30.1 Å². The molecule has 3 aromatic carbocycles. The first-order chi connectivity index (χ1) is 17.9. The van der Waals surface area contributed by atoms with Crippen molar-refractivity contribution in [2.24, 2.45) is 0 Å². The quantitative estimate of drug-likeness (QED) is 0.227. The topological polar surface area (TPSA) is 81.2 Å². The minimum absolute atomic E-state index is 0.0795. The van der Waals surface area contributed by atoms with Crippen molar-refractivity contribution in [3.05, 3.63) is 78.7 Å². The summed E-state index contributed by atoms with van der Waals surface area (Å²) in [5.74, 6) is -1.38. The van der Waals surface area contributed by atoms with Gasteiger partial charge in [0.1, 0.15) is 5.75 Å². The molecule has 2 amide bonds. The van der Waals surface area contributed by atoms with Crippen LogP contribution in [0.5, 0.6) is 23.0 Å². The van der Waals surface area contributed by atoms with Gasteiger partial charge in [0.05, 0.1) is 25.4 Å². The number of amides is 2. The van der Waals surface area contributed by atoms with Crippen LogP contribution in [0.4, 0.5) is 15.8 Å². The number of aromatic nitrogens is 1. The maximum atomic E-state index is 15.1. The molecule has 0 aliphatic rings. The predicted molar refractivity (Wildman–Crippen MR) is 139 cm³/mol. The number of likely N-dealkylation sites (N-methyl/N-ethyl adjacent to an activating group) is 1. The molecule has 4 rings (SSSR count). The minimum atomic E-state index is -0.969. The lowest BCUT2D eigenvalue weighted by atomic mass is 10.1. The number of para-hydroxylation sites is 1. The van der Waals surface area contributed by atoms with Gasteiger partial charge in [0.15, 0.2) is 23.1 Å². The predicted octanol–water partition coefficient (Wildman–Crippen LogP) is 5.72. The molecule has 0 saturated heterocycles. The highest BCUT2D eigenvalue weighted by atomic mass is 35.5. The van der Waals surface area contributed by atoms with Crippen LogP contribution in [0.2, 0.25) is 0 Å². The number of ether oxygens (including phenoxy) is 3. The lowest BCUT2D eigenvalue weighted by Gasteiger charge is -2.23. The van der Waals surface area contributed by atoms with Crippen LogP contribution in [0.3, 0.4) is 0 Å². The summed E-state index contributed by atoms with van der Waals surface area (Å²) < 4.78 is 32.4. The SMILES string of the molecule is CCN(C(=O)C(=O)N(Cl)c1ccccc1)c1ccc(Oc2ccnc3cc(OC)c(OC)cc23)c(F)c1. The third-order valence-electron chi connectivity index (χ3n) is 5.56. The molecule has 0 spiro atoms. The Morgan fingerprint density at radius 3 is 2.22 bits per heavy atom. The van der Waals surface area contributed by atoms with E-state index in [0.29, 0.717) is 33.8 Å². The van der Waals surface area contributed by atoms with Crippen LogP contribution in [0, 0.1) is 5.82 Å². The number of carbonyl (C=O) groups is 2. The number of rotatable bonds is 7. The van der Waals surface area contributed by atoms with Crippen LogP contribution >= 0.6 is 11.8 Å². The molecule has 4 aromatic rings. The zero-order chi connectivity index (χ0) is 26.5. The molecule has 0 atom stereocenters. The van der Waals surface area contributed by atoms with Crippen LogP contribution in [0.15, 0.2) is 72.9 Å². The molecule has 10 heteroatoms. The summed E-state index contributed by atoms with van der Waals surface area (Å²) in [4.78, 5) is 31.0. The molecule has 0 unspecified atom stereocenters. The lowest BCUT2D eigenvalue weighted by molar-refractivity contribution is -0.135. The largest absolute Gasteiger partial charge is 0.493 e. The van der Waals surface area contributed by atoms with Crippen molar-refractivity contribution in [2.45, 2.75) is 6.92 Å². The highest BCUT2D eigenvalue weighted by Crippen LogP contribution is 2.37. The van der Waals surface area contributed by atoms with E-state index < -0.39 is 17.6 Å². The molecule has 1 heterocycles. The number of carbonyl (C=O) groups excluding carboxylic acids is 2. The first-order valence-corrected chi connectivity index (χ1v) is 11.6. The summed E-state index contributed by atoms with van der Waals surface area (Å²) in [7, 11) is 3.03. The van der Waals surface area contributed by atoms with Crippen molar-refractivity contribution < 1.29 is 28.2 Å². The van der Waals surface area contributed by atoms with E-state index >= 15 is 4.39 Å². The number of halogens is 2. The first kappa shape index (κ1) is 25.7. The number of pyridine rings is 1. The standard InChI is InChI=1S/C27H23ClFN3O5/c1-4-31(26(33)27(34)32(28)17-8-6-5-7-9-17)18-10-11-23(20(29)14-18)37-22-12-13-30-21-16-25(36-3)24(35-2)15-19(21)22/h5-16H,4H2,1-3H3. The molecule has 0 bridgehead atoms. The normalized spacial score (nSPS) is 10.6. The Labute approximate surface area is 217 Å². The molecule has 0 aliphatic heterocycles. The van der Waals surface area contributed by atoms with Gasteiger partial charge in [0, 0.05) is 47.7 Å². The fourth-order valence-corrected chi connectivity index (χ4v) is 3.90. The Kier molecular flexibility index (Phi) is 7.74. The van der Waals surface area contributed by atoms with E-state index in [4.69, 9.17) is 26.0 Å². The third kappa shape index (κ3) is 5.26. The fourth-order valence-electron chi connectivity index (χ4n) is 3.71. The van der Waals surface area contributed by atoms with Gasteiger partial charge >= 0.3 is 11.8 Å². The number of fused-ring (bicyclic) bond motifs is 1. The Hall–Kier alpha value is -4.37. The Balaban J connectivity index is 1.59. The summed E-state index contributed by atoms with van der Waals surface area (Å²) >= 11 is 6.10. The number of hydrogen-bond acceptors (Lipinski definition) is 6. The second-order valence-electron chi connectivity index (χ2n) is 7.72. The monoisotopic (exact) mass is 523 g/mol. The van der Waals surface area contributed by atoms with E-state index in [1.54, 1.807) is 55.5 Å². The molecule has 8 nitrogen and oxygen atoms in total. The summed E-state index contributed by atoms with van der Waals surface area (Å²) in [6.07, 6.45) is 1.53. The van der Waals surface area contributed by atoms with Gasteiger partial charge in [-0.3, -0.25) is 14.6 Å². The van der Waals surface area contributed by atoms with Gasteiger partial charge in [-0.15, -0.1) is 0 Å². The fraction of sp³-hybridized carbons (Fsp3) is 0.148. The van der Waals surface area contributed by atoms with E-state index in [0.717, 1.165) is 15.4 Å². The lowest BCUT2D eigenvalue weighted by Crippen LogP contribution is -2.42. The number of hydrogen-bond donors (Lipinski definition) is 0. The zero-order valence-corrected chi connectivity index (χ0v) is 21.0. The van der Waals surface area contributed by atoms with Crippen LogP contribution in [0.25, 0.3) is 10.9 Å². The van der Waals surface area contributed by atoms with Crippen LogP contribution < -0.4 is 23.5 Å². The van der Waals surface area contributed by atoms with Gasteiger partial charge in [0.25, 0.3) is 0 Å². The Morgan fingerprint density at radius 2 is 1.57 bits per heavy atom. The van der Waals surface area contributed by atoms with Gasteiger partial charge in [-0.1, -0.05) is 18.2 Å². The second kappa shape index (κ2) is 11.1. The van der Waals surface area contributed by atoms with E-state index in [-0.39, 0.29) is 18.0 Å². The van der Waals surface area contributed by atoms with Gasteiger partial charge < -0.3 is 19.1 Å². The highest BCUT2D eigenvalue weighted by molar-refractivity contribution is 6.55. The summed E-state index contributed by atoms with van der Waals surface area (Å²) in [5.41, 5.74) is 1.08. The molecule has 0 radical (unpaired) electrons. The summed E-state index contributed by atoms with van der Waals surface area (Å²) in [5, 5.41) is 0.586. The maximum Gasteiger partial charge on any atom is 0.331 e. The van der Waals surface area contributed by atoms with E-state index in [9.17, 15) is 9.59 Å². The second-order valence-corrected chi connectivity index (χ2v) is 8.06. The maximum absolute atomic E-state index is 15.1. The van der Waals surface area contributed by atoms with Crippen LogP contribution in [-0.4, -0.2) is 37.6 Å².